The van der Waals surface area contributed by atoms with Gasteiger partial charge in [0.1, 0.15) is 12.4 Å². The number of benzene rings is 2. The van der Waals surface area contributed by atoms with E-state index in [1.165, 1.54) is 0 Å². The molecule has 0 aromatic heterocycles. The van der Waals surface area contributed by atoms with E-state index < -0.39 is 12.7 Å². The van der Waals surface area contributed by atoms with Crippen LogP contribution in [0, 0.1) is 0 Å². The molecule has 0 saturated carbocycles. The van der Waals surface area contributed by atoms with Crippen LogP contribution in [0.25, 0.3) is 10.8 Å². The van der Waals surface area contributed by atoms with Gasteiger partial charge in [0.25, 0.3) is 0 Å². The second-order valence-corrected chi connectivity index (χ2v) is 3.55. The van der Waals surface area contributed by atoms with E-state index in [2.05, 4.69) is 0 Å². The average Bonchev–Trinajstić information content (AvgIpc) is 2.27. The standard InChI is InChI=1S/C12H12FNO.ClH/c13-7-12(14)10-2-1-9-6-11(15)4-3-8(9)5-10;/h1-6,12,15H,7,14H2;1H/t12-;/m0./s1. The minimum Gasteiger partial charge on any atom is -0.508 e. The monoisotopic (exact) mass is 241 g/mol. The maximum atomic E-state index is 12.4. The topological polar surface area (TPSA) is 46.2 Å². The smallest absolute Gasteiger partial charge is 0.116 e. The molecule has 2 aromatic carbocycles. The van der Waals surface area contributed by atoms with Crippen molar-refractivity contribution in [3.63, 3.8) is 0 Å². The molecule has 16 heavy (non-hydrogen) atoms. The van der Waals surface area contributed by atoms with Crippen molar-refractivity contribution < 1.29 is 9.50 Å². The van der Waals surface area contributed by atoms with E-state index in [1.807, 2.05) is 12.1 Å². The molecule has 2 nitrogen and oxygen atoms in total. The third-order valence-electron chi connectivity index (χ3n) is 2.44. The van der Waals surface area contributed by atoms with E-state index in [0.29, 0.717) is 0 Å². The van der Waals surface area contributed by atoms with Gasteiger partial charge in [-0.1, -0.05) is 18.2 Å². The highest BCUT2D eigenvalue weighted by molar-refractivity contribution is 5.85. The maximum Gasteiger partial charge on any atom is 0.116 e. The molecule has 0 aliphatic heterocycles. The Kier molecular flexibility index (Phi) is 4.10. The lowest BCUT2D eigenvalue weighted by atomic mass is 10.0. The van der Waals surface area contributed by atoms with Crippen molar-refractivity contribution in [2.75, 3.05) is 6.67 Å². The van der Waals surface area contributed by atoms with E-state index in [0.717, 1.165) is 16.3 Å². The lowest BCUT2D eigenvalue weighted by Gasteiger charge is -2.08. The Hall–Kier alpha value is -1.32. The van der Waals surface area contributed by atoms with Crippen LogP contribution in [0.3, 0.4) is 0 Å². The fourth-order valence-corrected chi connectivity index (χ4v) is 1.57. The number of hydrogen-bond donors (Lipinski definition) is 2. The zero-order valence-electron chi connectivity index (χ0n) is 8.56. The highest BCUT2D eigenvalue weighted by Gasteiger charge is 2.05. The van der Waals surface area contributed by atoms with Gasteiger partial charge in [0.05, 0.1) is 6.04 Å². The Bertz CT molecular complexity index is 489. The molecule has 2 rings (SSSR count). The second kappa shape index (κ2) is 5.14. The molecule has 3 N–H and O–H groups in total. The summed E-state index contributed by atoms with van der Waals surface area (Å²) in [6.07, 6.45) is 0. The Morgan fingerprint density at radius 3 is 2.44 bits per heavy atom. The fourth-order valence-electron chi connectivity index (χ4n) is 1.57. The number of aromatic hydroxyl groups is 1. The lowest BCUT2D eigenvalue weighted by molar-refractivity contribution is 0.437. The molecule has 0 spiro atoms. The van der Waals surface area contributed by atoms with E-state index in [4.69, 9.17) is 5.73 Å². The van der Waals surface area contributed by atoms with E-state index >= 15 is 0 Å². The number of phenolic OH excluding ortho intramolecular Hbond substituents is 1. The van der Waals surface area contributed by atoms with Crippen LogP contribution in [0.15, 0.2) is 36.4 Å². The molecule has 4 heteroatoms. The van der Waals surface area contributed by atoms with Gasteiger partial charge in [0.2, 0.25) is 0 Å². The average molecular weight is 242 g/mol. The third kappa shape index (κ3) is 2.43. The summed E-state index contributed by atoms with van der Waals surface area (Å²) in [5, 5.41) is 11.1. The fraction of sp³-hybridized carbons (Fsp3) is 0.167. The van der Waals surface area contributed by atoms with Crippen molar-refractivity contribution >= 4 is 23.2 Å². The predicted molar refractivity (Wildman–Crippen MR) is 65.8 cm³/mol. The van der Waals surface area contributed by atoms with Crippen LogP contribution >= 0.6 is 12.4 Å². The zero-order chi connectivity index (χ0) is 10.8. The third-order valence-corrected chi connectivity index (χ3v) is 2.44. The number of nitrogens with two attached hydrogens (primary N) is 1. The molecular weight excluding hydrogens is 229 g/mol. The molecule has 86 valence electrons. The molecule has 0 saturated heterocycles. The largest absolute Gasteiger partial charge is 0.508 e. The highest BCUT2D eigenvalue weighted by atomic mass is 35.5. The minimum absolute atomic E-state index is 0. The number of halogens is 2. The molecule has 0 radical (unpaired) electrons. The SMILES string of the molecule is Cl.N[C@@H](CF)c1ccc2cc(O)ccc2c1. The van der Waals surface area contributed by atoms with Crippen LogP contribution in [0.5, 0.6) is 5.75 Å². The van der Waals surface area contributed by atoms with Gasteiger partial charge < -0.3 is 10.8 Å². The first-order chi connectivity index (χ1) is 7.20. The number of hydrogen-bond acceptors (Lipinski definition) is 2. The van der Waals surface area contributed by atoms with Gasteiger partial charge >= 0.3 is 0 Å². The van der Waals surface area contributed by atoms with Gasteiger partial charge in [0, 0.05) is 0 Å². The first-order valence-electron chi connectivity index (χ1n) is 4.75. The molecule has 2 aromatic rings. The van der Waals surface area contributed by atoms with Gasteiger partial charge in [-0.15, -0.1) is 12.4 Å². The van der Waals surface area contributed by atoms with Crippen molar-refractivity contribution in [1.82, 2.24) is 0 Å². The molecule has 0 aliphatic carbocycles. The molecule has 0 amide bonds. The summed E-state index contributed by atoms with van der Waals surface area (Å²) in [5.41, 5.74) is 6.36. The van der Waals surface area contributed by atoms with Crippen LogP contribution in [-0.2, 0) is 0 Å². The number of rotatable bonds is 2. The highest BCUT2D eigenvalue weighted by Crippen LogP contribution is 2.23. The molecule has 0 aliphatic rings. The molecule has 0 heterocycles. The van der Waals surface area contributed by atoms with E-state index in [1.54, 1.807) is 24.3 Å². The minimum atomic E-state index is -0.566. The molecule has 0 fully saturated rings. The van der Waals surface area contributed by atoms with Crippen LogP contribution in [0.1, 0.15) is 11.6 Å². The molecule has 1 atom stereocenters. The summed E-state index contributed by atoms with van der Waals surface area (Å²) < 4.78 is 12.4. The summed E-state index contributed by atoms with van der Waals surface area (Å²) >= 11 is 0. The Balaban J connectivity index is 0.00000128. The molecule has 0 unspecified atom stereocenters. The number of phenols is 1. The summed E-state index contributed by atoms with van der Waals surface area (Å²) in [7, 11) is 0. The van der Waals surface area contributed by atoms with Gasteiger partial charge in [-0.3, -0.25) is 0 Å². The first kappa shape index (κ1) is 12.7. The molecular formula is C12H13ClFNO. The summed E-state index contributed by atoms with van der Waals surface area (Å²) in [6.45, 7) is -0.566. The Labute approximate surface area is 99.3 Å². The second-order valence-electron chi connectivity index (χ2n) is 3.55. The summed E-state index contributed by atoms with van der Waals surface area (Å²) in [5.74, 6) is 0.227. The van der Waals surface area contributed by atoms with Gasteiger partial charge in [-0.05, 0) is 34.5 Å². The lowest BCUT2D eigenvalue weighted by Crippen LogP contribution is -2.11. The van der Waals surface area contributed by atoms with Crippen LogP contribution in [0.4, 0.5) is 4.39 Å². The predicted octanol–water partition coefficient (Wildman–Crippen LogP) is 2.94. The van der Waals surface area contributed by atoms with Crippen molar-refractivity contribution in [3.8, 4) is 5.75 Å². The van der Waals surface area contributed by atoms with Crippen LogP contribution in [0.2, 0.25) is 0 Å². The zero-order valence-corrected chi connectivity index (χ0v) is 9.38. The van der Waals surface area contributed by atoms with E-state index in [9.17, 15) is 9.50 Å². The number of alkyl halides is 1. The maximum absolute atomic E-state index is 12.4. The summed E-state index contributed by atoms with van der Waals surface area (Å²) in [4.78, 5) is 0. The van der Waals surface area contributed by atoms with Gasteiger partial charge in [-0.25, -0.2) is 4.39 Å². The van der Waals surface area contributed by atoms with Crippen molar-refractivity contribution in [3.05, 3.63) is 42.0 Å². The summed E-state index contributed by atoms with van der Waals surface area (Å²) in [6, 6.07) is 9.96. The Morgan fingerprint density at radius 2 is 1.75 bits per heavy atom. The number of fused-ring (bicyclic) bond motifs is 1. The molecule has 0 bridgehead atoms. The van der Waals surface area contributed by atoms with Crippen molar-refractivity contribution in [2.45, 2.75) is 6.04 Å². The first-order valence-corrected chi connectivity index (χ1v) is 4.75. The van der Waals surface area contributed by atoms with Crippen LogP contribution < -0.4 is 5.73 Å². The van der Waals surface area contributed by atoms with Crippen LogP contribution in [-0.4, -0.2) is 11.8 Å². The normalized spacial score (nSPS) is 12.1. The van der Waals surface area contributed by atoms with Gasteiger partial charge in [-0.2, -0.15) is 0 Å². The van der Waals surface area contributed by atoms with Crippen molar-refractivity contribution in [2.24, 2.45) is 5.73 Å². The Morgan fingerprint density at radius 1 is 1.12 bits per heavy atom. The van der Waals surface area contributed by atoms with Gasteiger partial charge in [0.15, 0.2) is 0 Å². The van der Waals surface area contributed by atoms with E-state index in [-0.39, 0.29) is 18.2 Å². The van der Waals surface area contributed by atoms with Crippen molar-refractivity contribution in [1.29, 1.82) is 0 Å². The quantitative estimate of drug-likeness (QED) is 0.849.